The quantitative estimate of drug-likeness (QED) is 0.743. The molecule has 0 amide bonds. The Hall–Kier alpha value is -2.49. The Kier molecular flexibility index (Phi) is 2.61. The van der Waals surface area contributed by atoms with E-state index >= 15 is 0 Å². The van der Waals surface area contributed by atoms with Gasteiger partial charge in [0.25, 0.3) is 0 Å². The van der Waals surface area contributed by atoms with E-state index in [9.17, 15) is 0 Å². The number of fused-ring (bicyclic) bond motifs is 1. The Bertz CT molecular complexity index is 689. The van der Waals surface area contributed by atoms with Gasteiger partial charge in [0.2, 0.25) is 0 Å². The molecule has 0 atom stereocenters. The van der Waals surface area contributed by atoms with Gasteiger partial charge in [-0.15, -0.1) is 0 Å². The fraction of sp³-hybridized carbons (Fsp3) is 0.0714. The summed E-state index contributed by atoms with van der Waals surface area (Å²) in [5.41, 5.74) is 2.94. The fourth-order valence-corrected chi connectivity index (χ4v) is 1.97. The first-order valence-corrected chi connectivity index (χ1v) is 5.72. The average molecular weight is 236 g/mol. The molecule has 1 aromatic carbocycles. The second-order valence-electron chi connectivity index (χ2n) is 3.91. The SMILES string of the molecule is CNc1cc(-c2cccc3ncccc23)ncn1. The highest BCUT2D eigenvalue weighted by atomic mass is 15.0. The number of hydrogen-bond acceptors (Lipinski definition) is 4. The first kappa shape index (κ1) is 10.7. The highest BCUT2D eigenvalue weighted by Gasteiger charge is 2.05. The van der Waals surface area contributed by atoms with Crippen molar-refractivity contribution < 1.29 is 0 Å². The first-order chi connectivity index (χ1) is 8.88. The molecule has 18 heavy (non-hydrogen) atoms. The summed E-state index contributed by atoms with van der Waals surface area (Å²) in [4.78, 5) is 12.8. The first-order valence-electron chi connectivity index (χ1n) is 5.72. The van der Waals surface area contributed by atoms with Crippen LogP contribution >= 0.6 is 0 Å². The summed E-state index contributed by atoms with van der Waals surface area (Å²) in [7, 11) is 1.84. The molecular formula is C14H12N4. The van der Waals surface area contributed by atoms with E-state index in [2.05, 4.69) is 26.3 Å². The van der Waals surface area contributed by atoms with E-state index in [0.717, 1.165) is 28.0 Å². The number of rotatable bonds is 2. The summed E-state index contributed by atoms with van der Waals surface area (Å²) in [5.74, 6) is 0.806. The molecule has 0 fully saturated rings. The maximum atomic E-state index is 4.35. The van der Waals surface area contributed by atoms with Crippen molar-refractivity contribution in [2.75, 3.05) is 12.4 Å². The van der Waals surface area contributed by atoms with Gasteiger partial charge in [0.1, 0.15) is 12.1 Å². The minimum Gasteiger partial charge on any atom is -0.373 e. The summed E-state index contributed by atoms with van der Waals surface area (Å²) < 4.78 is 0. The summed E-state index contributed by atoms with van der Waals surface area (Å²) in [5, 5.41) is 4.12. The van der Waals surface area contributed by atoms with Crippen LogP contribution in [0.1, 0.15) is 0 Å². The minimum atomic E-state index is 0.806. The van der Waals surface area contributed by atoms with Crippen molar-refractivity contribution in [2.24, 2.45) is 0 Å². The highest BCUT2D eigenvalue weighted by molar-refractivity contribution is 5.93. The monoisotopic (exact) mass is 236 g/mol. The Morgan fingerprint density at radius 3 is 2.83 bits per heavy atom. The molecule has 0 spiro atoms. The number of pyridine rings is 1. The van der Waals surface area contributed by atoms with E-state index in [-0.39, 0.29) is 0 Å². The van der Waals surface area contributed by atoms with Crippen LogP contribution in [0.5, 0.6) is 0 Å². The summed E-state index contributed by atoms with van der Waals surface area (Å²) in [6.07, 6.45) is 3.36. The van der Waals surface area contributed by atoms with Crippen molar-refractivity contribution >= 4 is 16.7 Å². The van der Waals surface area contributed by atoms with E-state index in [1.54, 1.807) is 12.5 Å². The summed E-state index contributed by atoms with van der Waals surface area (Å²) in [6, 6.07) is 12.0. The van der Waals surface area contributed by atoms with Gasteiger partial charge in [0, 0.05) is 30.3 Å². The van der Waals surface area contributed by atoms with Crippen LogP contribution in [0.25, 0.3) is 22.2 Å². The van der Waals surface area contributed by atoms with E-state index in [1.165, 1.54) is 0 Å². The molecule has 0 aliphatic heterocycles. The van der Waals surface area contributed by atoms with E-state index in [4.69, 9.17) is 0 Å². The number of anilines is 1. The Morgan fingerprint density at radius 1 is 1.00 bits per heavy atom. The summed E-state index contributed by atoms with van der Waals surface area (Å²) >= 11 is 0. The van der Waals surface area contributed by atoms with Crippen molar-refractivity contribution in [3.8, 4) is 11.3 Å². The van der Waals surface area contributed by atoms with Crippen LogP contribution in [0.4, 0.5) is 5.82 Å². The summed E-state index contributed by atoms with van der Waals surface area (Å²) in [6.45, 7) is 0. The van der Waals surface area contributed by atoms with Gasteiger partial charge in [-0.3, -0.25) is 4.98 Å². The van der Waals surface area contributed by atoms with Crippen LogP contribution < -0.4 is 5.32 Å². The largest absolute Gasteiger partial charge is 0.373 e. The number of benzene rings is 1. The maximum absolute atomic E-state index is 4.35. The van der Waals surface area contributed by atoms with Crippen molar-refractivity contribution in [1.82, 2.24) is 15.0 Å². The van der Waals surface area contributed by atoms with Crippen LogP contribution in [0.3, 0.4) is 0 Å². The molecule has 2 heterocycles. The lowest BCUT2D eigenvalue weighted by molar-refractivity contribution is 1.16. The van der Waals surface area contributed by atoms with Crippen LogP contribution in [0.15, 0.2) is 48.9 Å². The second-order valence-corrected chi connectivity index (χ2v) is 3.91. The molecule has 0 radical (unpaired) electrons. The molecule has 1 N–H and O–H groups in total. The Morgan fingerprint density at radius 2 is 1.94 bits per heavy atom. The number of nitrogens with one attached hydrogen (secondary N) is 1. The van der Waals surface area contributed by atoms with Gasteiger partial charge in [0.05, 0.1) is 11.2 Å². The zero-order chi connectivity index (χ0) is 12.4. The molecule has 0 bridgehead atoms. The lowest BCUT2D eigenvalue weighted by Gasteiger charge is -2.06. The van der Waals surface area contributed by atoms with Gasteiger partial charge < -0.3 is 5.32 Å². The molecule has 0 saturated carbocycles. The molecule has 4 nitrogen and oxygen atoms in total. The lowest BCUT2D eigenvalue weighted by Crippen LogP contribution is -1.94. The molecular weight excluding hydrogens is 224 g/mol. The predicted octanol–water partition coefficient (Wildman–Crippen LogP) is 2.73. The fourth-order valence-electron chi connectivity index (χ4n) is 1.97. The van der Waals surface area contributed by atoms with Gasteiger partial charge in [-0.05, 0) is 12.1 Å². The van der Waals surface area contributed by atoms with Crippen LogP contribution in [-0.4, -0.2) is 22.0 Å². The second kappa shape index (κ2) is 4.41. The number of nitrogens with zero attached hydrogens (tertiary/aromatic N) is 3. The van der Waals surface area contributed by atoms with Gasteiger partial charge >= 0.3 is 0 Å². The minimum absolute atomic E-state index is 0.806. The molecule has 0 aliphatic carbocycles. The molecule has 2 aromatic heterocycles. The Balaban J connectivity index is 2.24. The van der Waals surface area contributed by atoms with E-state index < -0.39 is 0 Å². The molecule has 0 unspecified atom stereocenters. The molecule has 88 valence electrons. The van der Waals surface area contributed by atoms with Crippen molar-refractivity contribution in [2.45, 2.75) is 0 Å². The third-order valence-electron chi connectivity index (χ3n) is 2.84. The third-order valence-corrected chi connectivity index (χ3v) is 2.84. The highest BCUT2D eigenvalue weighted by Crippen LogP contribution is 2.26. The smallest absolute Gasteiger partial charge is 0.129 e. The average Bonchev–Trinajstić information content (AvgIpc) is 2.47. The third kappa shape index (κ3) is 1.78. The normalized spacial score (nSPS) is 10.5. The standard InChI is InChI=1S/C14H12N4/c1-15-14-8-13(17-9-18-14)11-4-2-6-12-10(11)5-3-7-16-12/h2-9H,1H3,(H,15,17,18). The maximum Gasteiger partial charge on any atom is 0.129 e. The van der Waals surface area contributed by atoms with Gasteiger partial charge in [-0.1, -0.05) is 18.2 Å². The molecule has 4 heteroatoms. The molecule has 0 saturated heterocycles. The van der Waals surface area contributed by atoms with Crippen LogP contribution in [-0.2, 0) is 0 Å². The zero-order valence-corrected chi connectivity index (χ0v) is 9.96. The van der Waals surface area contributed by atoms with Gasteiger partial charge in [-0.25, -0.2) is 9.97 Å². The lowest BCUT2D eigenvalue weighted by atomic mass is 10.1. The van der Waals surface area contributed by atoms with Gasteiger partial charge in [-0.2, -0.15) is 0 Å². The van der Waals surface area contributed by atoms with Crippen LogP contribution in [0, 0.1) is 0 Å². The van der Waals surface area contributed by atoms with Gasteiger partial charge in [0.15, 0.2) is 0 Å². The molecule has 3 rings (SSSR count). The topological polar surface area (TPSA) is 50.7 Å². The zero-order valence-electron chi connectivity index (χ0n) is 9.96. The number of hydrogen-bond donors (Lipinski definition) is 1. The van der Waals surface area contributed by atoms with Crippen LogP contribution in [0.2, 0.25) is 0 Å². The van der Waals surface area contributed by atoms with E-state index in [0.29, 0.717) is 0 Å². The van der Waals surface area contributed by atoms with Crippen molar-refractivity contribution in [1.29, 1.82) is 0 Å². The Labute approximate surface area is 105 Å². The number of aromatic nitrogens is 3. The predicted molar refractivity (Wildman–Crippen MR) is 72.3 cm³/mol. The van der Waals surface area contributed by atoms with Crippen molar-refractivity contribution in [3.05, 3.63) is 48.9 Å². The van der Waals surface area contributed by atoms with E-state index in [1.807, 2.05) is 37.4 Å². The molecule has 3 aromatic rings. The molecule has 0 aliphatic rings. The van der Waals surface area contributed by atoms with Crippen molar-refractivity contribution in [3.63, 3.8) is 0 Å².